The first-order valence-corrected chi connectivity index (χ1v) is 10.4. The Bertz CT molecular complexity index is 1030. The number of Topliss-reactive ketones (excluding diaryl/α,β-unsaturated/α-hetero) is 1. The van der Waals surface area contributed by atoms with Gasteiger partial charge >= 0.3 is 12.0 Å². The van der Waals surface area contributed by atoms with Gasteiger partial charge in [-0.2, -0.15) is 0 Å². The molecule has 0 aromatic heterocycles. The van der Waals surface area contributed by atoms with Crippen LogP contribution >= 0.6 is 0 Å². The van der Waals surface area contributed by atoms with E-state index in [-0.39, 0.29) is 23.1 Å². The van der Waals surface area contributed by atoms with Crippen molar-refractivity contribution in [2.75, 3.05) is 25.0 Å². The molecule has 2 aromatic carbocycles. The number of aliphatic hydroxyl groups excluding tert-OH is 1. The third-order valence-electron chi connectivity index (χ3n) is 5.28. The Morgan fingerprint density at radius 1 is 1.06 bits per heavy atom. The number of carbonyl (C=O) groups is 3. The first kappa shape index (κ1) is 26.8. The monoisotopic (exact) mass is 481 g/mol. The minimum Gasteiger partial charge on any atom is -0.479 e. The van der Waals surface area contributed by atoms with Crippen LogP contribution in [0.25, 0.3) is 0 Å². The Morgan fingerprint density at radius 2 is 1.59 bits per heavy atom. The lowest BCUT2D eigenvalue weighted by Crippen LogP contribution is -2.34. The highest BCUT2D eigenvalue weighted by atomic mass is 19.2. The van der Waals surface area contributed by atoms with E-state index >= 15 is 0 Å². The number of anilines is 2. The quantitative estimate of drug-likeness (QED) is 0.445. The number of nitrogens with two attached hydrogens (primary N) is 1. The van der Waals surface area contributed by atoms with Crippen molar-refractivity contribution in [1.82, 2.24) is 4.90 Å². The second-order valence-corrected chi connectivity index (χ2v) is 7.90. The third-order valence-corrected chi connectivity index (χ3v) is 5.28. The summed E-state index contributed by atoms with van der Waals surface area (Å²) in [4.78, 5) is 37.2. The van der Waals surface area contributed by atoms with Crippen molar-refractivity contribution in [2.24, 2.45) is 11.7 Å². The minimum atomic E-state index is -1.64. The largest absolute Gasteiger partial charge is 0.479 e. The van der Waals surface area contributed by atoms with Crippen molar-refractivity contribution < 1.29 is 37.8 Å². The molecule has 0 spiro atoms. The molecule has 1 fully saturated rings. The highest BCUT2D eigenvalue weighted by Crippen LogP contribution is 2.30. The number of nitrogens with zero attached hydrogens (tertiary/aromatic N) is 2. The van der Waals surface area contributed by atoms with Crippen LogP contribution in [0.15, 0.2) is 36.4 Å². The fourth-order valence-corrected chi connectivity index (χ4v) is 3.38. The maximum absolute atomic E-state index is 13.6. The van der Waals surface area contributed by atoms with E-state index in [1.54, 1.807) is 12.1 Å². The zero-order chi connectivity index (χ0) is 25.6. The molecule has 2 aromatic rings. The van der Waals surface area contributed by atoms with Crippen LogP contribution in [0.1, 0.15) is 30.1 Å². The van der Waals surface area contributed by atoms with Gasteiger partial charge in [0.1, 0.15) is 6.10 Å². The molecular formula is C23H26F3N3O5. The summed E-state index contributed by atoms with van der Waals surface area (Å²) in [5, 5.41) is 15.8. The summed E-state index contributed by atoms with van der Waals surface area (Å²) in [5.41, 5.74) is 5.65. The number of aliphatic carboxylic acids is 1. The minimum absolute atomic E-state index is 0.0594. The van der Waals surface area contributed by atoms with Gasteiger partial charge in [-0.3, -0.25) is 9.69 Å². The van der Waals surface area contributed by atoms with E-state index < -0.39 is 35.6 Å². The van der Waals surface area contributed by atoms with Crippen LogP contribution in [-0.2, 0) is 4.79 Å². The van der Waals surface area contributed by atoms with Crippen LogP contribution in [0.2, 0.25) is 0 Å². The topological polar surface area (TPSA) is 124 Å². The van der Waals surface area contributed by atoms with E-state index in [1.165, 1.54) is 19.1 Å². The second-order valence-electron chi connectivity index (χ2n) is 7.90. The Morgan fingerprint density at radius 3 is 2.06 bits per heavy atom. The van der Waals surface area contributed by atoms with Gasteiger partial charge in [0.15, 0.2) is 23.2 Å². The molecule has 1 unspecified atom stereocenters. The molecule has 0 bridgehead atoms. The van der Waals surface area contributed by atoms with Gasteiger partial charge in [0.05, 0.1) is 11.4 Å². The first-order valence-electron chi connectivity index (χ1n) is 10.4. The number of urea groups is 1. The van der Waals surface area contributed by atoms with Gasteiger partial charge in [-0.25, -0.2) is 22.8 Å². The number of carbonyl (C=O) groups excluding carboxylic acids is 2. The van der Waals surface area contributed by atoms with Crippen molar-refractivity contribution in [3.63, 3.8) is 0 Å². The molecule has 0 saturated carbocycles. The number of hydrogen-bond acceptors (Lipinski definition) is 5. The number of rotatable bonds is 5. The fourth-order valence-electron chi connectivity index (χ4n) is 3.38. The molecule has 8 nitrogen and oxygen atoms in total. The van der Waals surface area contributed by atoms with Crippen LogP contribution in [0.4, 0.5) is 29.3 Å². The number of benzene rings is 2. The van der Waals surface area contributed by atoms with Crippen molar-refractivity contribution in [1.29, 1.82) is 0 Å². The van der Waals surface area contributed by atoms with Crippen LogP contribution in [0, 0.1) is 23.4 Å². The lowest BCUT2D eigenvalue weighted by molar-refractivity contribution is -0.145. The molecule has 1 atom stereocenters. The normalized spacial score (nSPS) is 15.1. The lowest BCUT2D eigenvalue weighted by atomic mass is 9.89. The molecule has 1 heterocycles. The number of piperidine rings is 1. The molecule has 34 heavy (non-hydrogen) atoms. The molecule has 3 rings (SSSR count). The van der Waals surface area contributed by atoms with Crippen LogP contribution < -0.4 is 10.6 Å². The second kappa shape index (κ2) is 11.6. The number of ketones is 1. The first-order chi connectivity index (χ1) is 15.9. The molecule has 1 aliphatic rings. The predicted octanol–water partition coefficient (Wildman–Crippen LogP) is 3.30. The zero-order valence-corrected chi connectivity index (χ0v) is 18.7. The Balaban J connectivity index is 0.000000604. The maximum Gasteiger partial charge on any atom is 0.332 e. The van der Waals surface area contributed by atoms with Crippen LogP contribution in [0.5, 0.6) is 0 Å². The molecule has 1 aliphatic heterocycles. The van der Waals surface area contributed by atoms with Gasteiger partial charge in [-0.1, -0.05) is 12.1 Å². The van der Waals surface area contributed by atoms with Gasteiger partial charge < -0.3 is 20.8 Å². The highest BCUT2D eigenvalue weighted by Gasteiger charge is 2.26. The molecule has 4 N–H and O–H groups in total. The Kier molecular flexibility index (Phi) is 9.16. The number of halogens is 3. The number of amides is 2. The van der Waals surface area contributed by atoms with Gasteiger partial charge in [-0.15, -0.1) is 0 Å². The van der Waals surface area contributed by atoms with Gasteiger partial charge in [0.25, 0.3) is 0 Å². The maximum atomic E-state index is 13.6. The van der Waals surface area contributed by atoms with E-state index in [1.807, 2.05) is 7.05 Å². The summed E-state index contributed by atoms with van der Waals surface area (Å²) in [5.74, 6) is -5.90. The average molecular weight is 481 g/mol. The number of hydrogen-bond donors (Lipinski definition) is 3. The van der Waals surface area contributed by atoms with E-state index in [0.29, 0.717) is 17.7 Å². The number of aliphatic hydroxyl groups is 1. The number of carboxylic acids is 1. The number of likely N-dealkylation sites (tertiary alicyclic amines) is 1. The smallest absolute Gasteiger partial charge is 0.332 e. The van der Waals surface area contributed by atoms with Crippen LogP contribution in [0.3, 0.4) is 0 Å². The van der Waals surface area contributed by atoms with Crippen molar-refractivity contribution in [3.05, 3.63) is 59.4 Å². The van der Waals surface area contributed by atoms with Crippen LogP contribution in [-0.4, -0.2) is 59.1 Å². The fraction of sp³-hybridized carbons (Fsp3) is 0.348. The summed E-state index contributed by atoms with van der Waals surface area (Å²) in [6.45, 7) is 2.83. The van der Waals surface area contributed by atoms with E-state index in [4.69, 9.17) is 15.9 Å². The van der Waals surface area contributed by atoms with Crippen molar-refractivity contribution >= 4 is 29.2 Å². The molecule has 11 heteroatoms. The van der Waals surface area contributed by atoms with Gasteiger partial charge in [-0.05, 0) is 52.0 Å². The van der Waals surface area contributed by atoms with E-state index in [2.05, 4.69) is 4.90 Å². The predicted molar refractivity (Wildman–Crippen MR) is 118 cm³/mol. The van der Waals surface area contributed by atoms with E-state index in [0.717, 1.165) is 30.8 Å². The highest BCUT2D eigenvalue weighted by molar-refractivity contribution is 6.02. The summed E-state index contributed by atoms with van der Waals surface area (Å²) in [7, 11) is 1.99. The van der Waals surface area contributed by atoms with Crippen molar-refractivity contribution in [3.8, 4) is 0 Å². The molecular weight excluding hydrogens is 455 g/mol. The zero-order valence-electron chi connectivity index (χ0n) is 18.7. The average Bonchev–Trinajstić information content (AvgIpc) is 2.78. The third kappa shape index (κ3) is 6.78. The summed E-state index contributed by atoms with van der Waals surface area (Å²) < 4.78 is 40.5. The molecule has 0 radical (unpaired) electrons. The SMILES string of the molecule is CC(O)C(=O)O.CN1CCC(C(=O)c2cccc(N(C(N)=O)c3cc(F)c(F)c(F)c3)c2)CC1. The number of primary amides is 1. The molecule has 184 valence electrons. The standard InChI is InChI=1S/C20H20F3N3O2.C3H6O3/c1-25-7-5-12(6-8-25)19(27)13-3-2-4-14(9-13)26(20(24)28)15-10-16(21)18(23)17(22)11-15;1-2(4)3(5)6/h2-4,9-12H,5-8H2,1H3,(H2,24,28);2,4H,1H3,(H,5,6). The van der Waals surface area contributed by atoms with Crippen molar-refractivity contribution in [2.45, 2.75) is 25.9 Å². The number of carboxylic acid groups (broad SMARTS) is 1. The Hall–Kier alpha value is -3.44. The van der Waals surface area contributed by atoms with Gasteiger partial charge in [0, 0.05) is 23.6 Å². The summed E-state index contributed by atoms with van der Waals surface area (Å²) in [6.07, 6.45) is 0.228. The lowest BCUT2D eigenvalue weighted by Gasteiger charge is -2.28. The summed E-state index contributed by atoms with van der Waals surface area (Å²) >= 11 is 0. The van der Waals surface area contributed by atoms with Gasteiger partial charge in [0.2, 0.25) is 0 Å². The molecule has 2 amide bonds. The molecule has 0 aliphatic carbocycles. The Labute approximate surface area is 194 Å². The summed E-state index contributed by atoms with van der Waals surface area (Å²) in [6, 6.07) is 6.44. The molecule has 1 saturated heterocycles. The van der Waals surface area contributed by atoms with E-state index in [9.17, 15) is 27.6 Å².